The fraction of sp³-hybridized carbons (Fsp3) is 0.571. The highest BCUT2D eigenvalue weighted by molar-refractivity contribution is 7.90. The van der Waals surface area contributed by atoms with Gasteiger partial charge in [-0.15, -0.1) is 0 Å². The van der Waals surface area contributed by atoms with Crippen LogP contribution in [0, 0.1) is 19.8 Å². The van der Waals surface area contributed by atoms with E-state index in [1.54, 1.807) is 6.07 Å². The summed E-state index contributed by atoms with van der Waals surface area (Å²) in [7, 11) is -3.49. The van der Waals surface area contributed by atoms with E-state index in [4.69, 9.17) is 5.73 Å². The van der Waals surface area contributed by atoms with Crippen LogP contribution >= 0.6 is 0 Å². The quantitative estimate of drug-likeness (QED) is 0.840. The van der Waals surface area contributed by atoms with Crippen molar-refractivity contribution in [3.8, 4) is 0 Å². The fourth-order valence-corrected chi connectivity index (χ4v) is 3.83. The van der Waals surface area contributed by atoms with Crippen LogP contribution < -0.4 is 10.5 Å². The topological polar surface area (TPSA) is 75.4 Å². The van der Waals surface area contributed by atoms with Gasteiger partial charge in [0.25, 0.3) is 0 Å². The predicted molar refractivity (Wildman–Crippen MR) is 82.8 cm³/mol. The van der Waals surface area contributed by atoms with E-state index in [0.29, 0.717) is 30.4 Å². The van der Waals surface area contributed by atoms with Crippen LogP contribution in [0.3, 0.4) is 0 Å². The average molecular weight is 297 g/mol. The lowest BCUT2D eigenvalue weighted by Gasteiger charge is -2.30. The molecule has 2 rings (SSSR count). The smallest absolute Gasteiger partial charge is 0.301 e. The van der Waals surface area contributed by atoms with Crippen molar-refractivity contribution in [2.24, 2.45) is 5.92 Å². The zero-order valence-electron chi connectivity index (χ0n) is 12.3. The van der Waals surface area contributed by atoms with Crippen molar-refractivity contribution in [1.29, 1.82) is 0 Å². The highest BCUT2D eigenvalue weighted by atomic mass is 32.2. The van der Waals surface area contributed by atoms with Crippen molar-refractivity contribution < 1.29 is 8.42 Å². The van der Waals surface area contributed by atoms with Crippen molar-refractivity contribution in [2.45, 2.75) is 33.6 Å². The molecule has 0 saturated carbocycles. The molecular formula is C14H23N3O2S. The molecule has 6 heteroatoms. The monoisotopic (exact) mass is 297 g/mol. The molecule has 0 radical (unpaired) electrons. The molecule has 1 aromatic carbocycles. The first kappa shape index (κ1) is 15.1. The van der Waals surface area contributed by atoms with Gasteiger partial charge < -0.3 is 5.73 Å². The zero-order valence-corrected chi connectivity index (χ0v) is 13.1. The normalized spacial score (nSPS) is 18.1. The number of anilines is 2. The molecule has 3 N–H and O–H groups in total. The fourth-order valence-electron chi connectivity index (χ4n) is 2.44. The Bertz CT molecular complexity index is 591. The van der Waals surface area contributed by atoms with E-state index in [-0.39, 0.29) is 0 Å². The van der Waals surface area contributed by atoms with Crippen LogP contribution in [-0.2, 0) is 10.2 Å². The molecule has 0 atom stereocenters. The van der Waals surface area contributed by atoms with E-state index in [0.717, 1.165) is 24.0 Å². The summed E-state index contributed by atoms with van der Waals surface area (Å²) < 4.78 is 29.1. The molecule has 1 saturated heterocycles. The first-order chi connectivity index (χ1) is 9.31. The summed E-state index contributed by atoms with van der Waals surface area (Å²) >= 11 is 0. The Balaban J connectivity index is 2.23. The molecule has 1 aromatic rings. The van der Waals surface area contributed by atoms with Gasteiger partial charge in [-0.3, -0.25) is 4.72 Å². The summed E-state index contributed by atoms with van der Waals surface area (Å²) in [5.41, 5.74) is 8.71. The zero-order chi connectivity index (χ0) is 14.9. The Kier molecular flexibility index (Phi) is 4.25. The summed E-state index contributed by atoms with van der Waals surface area (Å²) in [6.45, 7) is 7.03. The van der Waals surface area contributed by atoms with Crippen LogP contribution in [0.25, 0.3) is 0 Å². The van der Waals surface area contributed by atoms with Crippen molar-refractivity contribution in [3.05, 3.63) is 23.3 Å². The number of nitrogens with two attached hydrogens (primary N) is 1. The third-order valence-corrected chi connectivity index (χ3v) is 5.54. The number of benzene rings is 1. The van der Waals surface area contributed by atoms with E-state index in [1.165, 1.54) is 4.31 Å². The number of rotatable bonds is 3. The maximum atomic E-state index is 12.5. The van der Waals surface area contributed by atoms with Crippen LogP contribution in [0.1, 0.15) is 30.9 Å². The summed E-state index contributed by atoms with van der Waals surface area (Å²) in [4.78, 5) is 0. The number of nitrogens with one attached hydrogen (secondary N) is 1. The Morgan fingerprint density at radius 2 is 1.85 bits per heavy atom. The van der Waals surface area contributed by atoms with Crippen molar-refractivity contribution in [3.63, 3.8) is 0 Å². The highest BCUT2D eigenvalue weighted by Crippen LogP contribution is 2.27. The molecule has 0 amide bonds. The first-order valence-electron chi connectivity index (χ1n) is 6.95. The number of hydrogen-bond donors (Lipinski definition) is 2. The predicted octanol–water partition coefficient (Wildman–Crippen LogP) is 2.27. The van der Waals surface area contributed by atoms with Crippen molar-refractivity contribution in [2.75, 3.05) is 23.5 Å². The maximum absolute atomic E-state index is 12.5. The molecule has 1 heterocycles. The van der Waals surface area contributed by atoms with Crippen LogP contribution in [0.15, 0.2) is 12.1 Å². The van der Waals surface area contributed by atoms with Gasteiger partial charge in [-0.1, -0.05) is 13.0 Å². The van der Waals surface area contributed by atoms with E-state index < -0.39 is 10.2 Å². The summed E-state index contributed by atoms with van der Waals surface area (Å²) in [5.74, 6) is 0.595. The van der Waals surface area contributed by atoms with E-state index in [2.05, 4.69) is 11.6 Å². The second-order valence-corrected chi connectivity index (χ2v) is 7.33. The summed E-state index contributed by atoms with van der Waals surface area (Å²) in [6.07, 6.45) is 1.83. The minimum absolute atomic E-state index is 0.580. The molecule has 0 aliphatic carbocycles. The molecule has 5 nitrogen and oxygen atoms in total. The van der Waals surface area contributed by atoms with Crippen LogP contribution in [0.5, 0.6) is 0 Å². The highest BCUT2D eigenvalue weighted by Gasteiger charge is 2.27. The maximum Gasteiger partial charge on any atom is 0.301 e. The van der Waals surface area contributed by atoms with Gasteiger partial charge in [0.2, 0.25) is 0 Å². The van der Waals surface area contributed by atoms with Gasteiger partial charge in [0.05, 0.1) is 5.69 Å². The molecule has 0 bridgehead atoms. The minimum Gasteiger partial charge on any atom is -0.398 e. The van der Waals surface area contributed by atoms with Gasteiger partial charge in [-0.05, 0) is 49.8 Å². The molecule has 0 unspecified atom stereocenters. The van der Waals surface area contributed by atoms with Gasteiger partial charge in [0, 0.05) is 18.8 Å². The average Bonchev–Trinajstić information content (AvgIpc) is 2.40. The van der Waals surface area contributed by atoms with Crippen molar-refractivity contribution in [1.82, 2.24) is 4.31 Å². The summed E-state index contributed by atoms with van der Waals surface area (Å²) in [5, 5.41) is 0. The largest absolute Gasteiger partial charge is 0.398 e. The second-order valence-electron chi connectivity index (χ2n) is 5.66. The Morgan fingerprint density at radius 3 is 2.45 bits per heavy atom. The molecule has 0 spiro atoms. The lowest BCUT2D eigenvalue weighted by molar-refractivity contribution is 0.289. The molecule has 1 fully saturated rings. The van der Waals surface area contributed by atoms with E-state index in [1.807, 2.05) is 19.9 Å². The van der Waals surface area contributed by atoms with E-state index >= 15 is 0 Å². The van der Waals surface area contributed by atoms with Gasteiger partial charge in [-0.2, -0.15) is 12.7 Å². The number of nitrogen functional groups attached to an aromatic ring is 1. The lowest BCUT2D eigenvalue weighted by atomic mass is 10.0. The molecule has 1 aliphatic heterocycles. The second kappa shape index (κ2) is 5.61. The van der Waals surface area contributed by atoms with Crippen molar-refractivity contribution >= 4 is 21.6 Å². The minimum atomic E-state index is -3.49. The SMILES string of the molecule is Cc1ccc(N)c(C)c1NS(=O)(=O)N1CCC(C)CC1. The third-order valence-electron chi connectivity index (χ3n) is 4.03. The van der Waals surface area contributed by atoms with Gasteiger partial charge >= 0.3 is 10.2 Å². The molecule has 112 valence electrons. The molecule has 1 aliphatic rings. The van der Waals surface area contributed by atoms with Crippen LogP contribution in [0.2, 0.25) is 0 Å². The Labute approximate surface area is 121 Å². The standard InChI is InChI=1S/C14H23N3O2S/c1-10-6-8-17(9-7-10)20(18,19)16-14-11(2)4-5-13(15)12(14)3/h4-5,10,16H,6-9,15H2,1-3H3. The molecule has 20 heavy (non-hydrogen) atoms. The molecular weight excluding hydrogens is 274 g/mol. The number of piperidine rings is 1. The lowest BCUT2D eigenvalue weighted by Crippen LogP contribution is -2.41. The first-order valence-corrected chi connectivity index (χ1v) is 8.39. The third kappa shape index (κ3) is 3.07. The number of hydrogen-bond acceptors (Lipinski definition) is 3. The Hall–Kier alpha value is -1.27. The Morgan fingerprint density at radius 1 is 1.25 bits per heavy atom. The number of nitrogens with zero attached hydrogens (tertiary/aromatic N) is 1. The van der Waals surface area contributed by atoms with Crippen LogP contribution in [0.4, 0.5) is 11.4 Å². The van der Waals surface area contributed by atoms with Gasteiger partial charge in [0.1, 0.15) is 0 Å². The molecule has 0 aromatic heterocycles. The van der Waals surface area contributed by atoms with Gasteiger partial charge in [-0.25, -0.2) is 0 Å². The van der Waals surface area contributed by atoms with Gasteiger partial charge in [0.15, 0.2) is 0 Å². The van der Waals surface area contributed by atoms with E-state index in [9.17, 15) is 8.42 Å². The number of aryl methyl sites for hydroxylation is 1. The van der Waals surface area contributed by atoms with Crippen LogP contribution in [-0.4, -0.2) is 25.8 Å². The summed E-state index contributed by atoms with van der Waals surface area (Å²) in [6, 6.07) is 3.63.